The third kappa shape index (κ3) is 1.28. The summed E-state index contributed by atoms with van der Waals surface area (Å²) in [4.78, 5) is 0.828. The first-order chi connectivity index (χ1) is 15.3. The summed E-state index contributed by atoms with van der Waals surface area (Å²) in [6.45, 7) is -3.14. The SMILES string of the molecule is [2H]c1c([2H])c(OC([2H])([2H])[2H])c2c3c1C[C@@]1([2H])N(C([2H])([2H])[2H])CC[C@@]34C([2H])(O2)C([2H])(O)C=C[C@@]14[2H]. The zero-order valence-electron chi connectivity index (χ0n) is 23.5. The van der Waals surface area contributed by atoms with E-state index in [0.717, 1.165) is 17.1 Å². The maximum absolute atomic E-state index is 11.0. The average Bonchev–Trinajstić information content (AvgIpc) is 2.94. The van der Waals surface area contributed by atoms with E-state index in [1.807, 2.05) is 0 Å². The molecule has 22 heavy (non-hydrogen) atoms. The molecular weight excluding hydrogens is 278 g/mol. The summed E-state index contributed by atoms with van der Waals surface area (Å²) >= 11 is 0. The molecule has 2 aliphatic heterocycles. The van der Waals surface area contributed by atoms with Crippen LogP contribution in [-0.4, -0.2) is 48.7 Å². The minimum atomic E-state index is -3.07. The lowest BCUT2D eigenvalue weighted by atomic mass is 9.53. The van der Waals surface area contributed by atoms with E-state index in [1.165, 1.54) is 0 Å². The second kappa shape index (κ2) is 4.06. The molecule has 1 aromatic carbocycles. The van der Waals surface area contributed by atoms with Gasteiger partial charge in [0.05, 0.1) is 16.6 Å². The number of ether oxygens (including phenoxy) is 2. The molecule has 4 heteroatoms. The van der Waals surface area contributed by atoms with Crippen LogP contribution in [-0.2, 0) is 11.8 Å². The van der Waals surface area contributed by atoms with Crippen molar-refractivity contribution < 1.29 is 31.0 Å². The molecule has 1 spiro atoms. The van der Waals surface area contributed by atoms with Gasteiger partial charge >= 0.3 is 0 Å². The largest absolute Gasteiger partial charge is 0.493 e. The van der Waals surface area contributed by atoms with E-state index in [9.17, 15) is 7.85 Å². The molecule has 2 aliphatic carbocycles. The number of hydrogen-bond donors (Lipinski definition) is 1. The van der Waals surface area contributed by atoms with E-state index in [2.05, 4.69) is 0 Å². The van der Waals surface area contributed by atoms with E-state index in [0.29, 0.717) is 0 Å². The molecule has 116 valence electrons. The van der Waals surface area contributed by atoms with Crippen molar-refractivity contribution in [1.29, 1.82) is 0 Å². The Morgan fingerprint density at radius 1 is 1.55 bits per heavy atom. The molecule has 5 rings (SSSR count). The molecule has 1 fully saturated rings. The normalized spacial score (nSPS) is 63.5. The number of likely N-dealkylation sites (tertiary alicyclic amines) is 1. The second-order valence-electron chi connectivity index (χ2n) is 5.86. The number of benzene rings is 1. The third-order valence-electron chi connectivity index (χ3n) is 4.97. The molecule has 4 nitrogen and oxygen atoms in total. The molecule has 5 atom stereocenters. The van der Waals surface area contributed by atoms with Crippen LogP contribution in [0, 0.1) is 5.89 Å². The lowest BCUT2D eigenvalue weighted by Crippen LogP contribution is -2.64. The summed E-state index contributed by atoms with van der Waals surface area (Å²) < 4.78 is 110. The average molecular weight is 311 g/mol. The van der Waals surface area contributed by atoms with Crippen LogP contribution >= 0.6 is 0 Å². The van der Waals surface area contributed by atoms with Crippen molar-refractivity contribution in [3.63, 3.8) is 0 Å². The quantitative estimate of drug-likeness (QED) is 0.798. The molecule has 2 bridgehead atoms. The number of piperidine rings is 1. The Labute approximate surface area is 147 Å². The first-order valence-corrected chi connectivity index (χ1v) is 7.02. The molecule has 1 aromatic rings. The van der Waals surface area contributed by atoms with Crippen LogP contribution in [0.1, 0.15) is 34.0 Å². The Hall–Kier alpha value is -1.52. The Kier molecular flexibility index (Phi) is 1.08. The van der Waals surface area contributed by atoms with Gasteiger partial charge in [-0.15, -0.1) is 0 Å². The Morgan fingerprint density at radius 3 is 3.36 bits per heavy atom. The maximum Gasteiger partial charge on any atom is 0.165 e. The standard InChI is InChI=1S/C18H21NO3/c1-19-8-7-18-11-4-5-13(20)17(18)22-16-14(21-2)6-3-10(15(16)18)9-12(11)19/h3-6,11-13,17,20H,7-9H2,1-2H3/t11-,12+,13?,17?,18-/m0/s1/i1D3,2D3,3D,6D,11D,12D,13D,17D. The molecule has 1 N–H and O–H groups in total. The summed E-state index contributed by atoms with van der Waals surface area (Å²) in [5, 5.41) is 11.0. The highest BCUT2D eigenvalue weighted by Crippen LogP contribution is 2.62. The van der Waals surface area contributed by atoms with E-state index < -0.39 is 73.5 Å². The van der Waals surface area contributed by atoms with Crippen LogP contribution in [0.4, 0.5) is 0 Å². The monoisotopic (exact) mass is 311 g/mol. The first-order valence-electron chi connectivity index (χ1n) is 13.0. The van der Waals surface area contributed by atoms with E-state index in [1.54, 1.807) is 0 Å². The summed E-state index contributed by atoms with van der Waals surface area (Å²) in [5.41, 5.74) is -2.15. The van der Waals surface area contributed by atoms with Gasteiger partial charge in [-0.05, 0) is 38.0 Å². The lowest BCUT2D eigenvalue weighted by Gasteiger charge is -2.56. The van der Waals surface area contributed by atoms with Gasteiger partial charge < -0.3 is 19.5 Å². The molecular formula is C18H21NO3. The molecule has 0 aromatic heterocycles. The van der Waals surface area contributed by atoms with Crippen molar-refractivity contribution in [2.45, 2.75) is 36.4 Å². The minimum Gasteiger partial charge on any atom is -0.493 e. The van der Waals surface area contributed by atoms with E-state index in [-0.39, 0.29) is 24.1 Å². The fraction of sp³-hybridized carbons (Fsp3) is 0.556. The van der Waals surface area contributed by atoms with Gasteiger partial charge in [0.1, 0.15) is 12.2 Å². The number of hydrogen-bond acceptors (Lipinski definition) is 4. The summed E-state index contributed by atoms with van der Waals surface area (Å²) in [5.74, 6) is -3.39. The fourth-order valence-corrected chi connectivity index (χ4v) is 4.10. The number of likely N-dealkylation sites (N-methyl/N-ethyl adjacent to an activating group) is 1. The second-order valence-corrected chi connectivity index (χ2v) is 5.86. The Balaban J connectivity index is 1.94. The Bertz CT molecular complexity index is 1150. The van der Waals surface area contributed by atoms with Crippen molar-refractivity contribution in [3.8, 4) is 11.5 Å². The lowest BCUT2D eigenvalue weighted by molar-refractivity contribution is -0.0453. The van der Waals surface area contributed by atoms with Gasteiger partial charge in [-0.3, -0.25) is 0 Å². The summed E-state index contributed by atoms with van der Waals surface area (Å²) in [6.07, 6.45) is -4.51. The fourth-order valence-electron chi connectivity index (χ4n) is 4.10. The first kappa shape index (κ1) is 5.84. The van der Waals surface area contributed by atoms with Gasteiger partial charge in [-0.2, -0.15) is 0 Å². The van der Waals surface area contributed by atoms with Crippen LogP contribution in [0.2, 0.25) is 0 Å². The van der Waals surface area contributed by atoms with Gasteiger partial charge in [0.25, 0.3) is 0 Å². The summed E-state index contributed by atoms with van der Waals surface area (Å²) in [7, 11) is -3.07. The number of rotatable bonds is 1. The van der Waals surface area contributed by atoms with Crippen molar-refractivity contribution >= 4 is 0 Å². The highest BCUT2D eigenvalue weighted by atomic mass is 16.5. The zero-order chi connectivity index (χ0) is 25.5. The number of aliphatic hydroxyl groups is 1. The molecule has 0 amide bonds. The smallest absolute Gasteiger partial charge is 0.165 e. The molecule has 4 aliphatic rings. The molecule has 1 saturated heterocycles. The molecule has 0 radical (unpaired) electrons. The molecule has 2 unspecified atom stereocenters. The van der Waals surface area contributed by atoms with Crippen molar-refractivity contribution in [2.24, 2.45) is 5.89 Å². The van der Waals surface area contributed by atoms with Gasteiger partial charge in [0.2, 0.25) is 0 Å². The van der Waals surface area contributed by atoms with Gasteiger partial charge in [-0.1, -0.05) is 18.2 Å². The van der Waals surface area contributed by atoms with Gasteiger partial charge in [0.15, 0.2) is 11.5 Å². The predicted molar refractivity (Wildman–Crippen MR) is 82.5 cm³/mol. The van der Waals surface area contributed by atoms with Crippen LogP contribution in [0.25, 0.3) is 0 Å². The summed E-state index contributed by atoms with van der Waals surface area (Å²) in [6, 6.07) is -3.56. The van der Waals surface area contributed by atoms with Crippen LogP contribution < -0.4 is 9.47 Å². The topological polar surface area (TPSA) is 41.9 Å². The van der Waals surface area contributed by atoms with E-state index >= 15 is 0 Å². The number of methoxy groups -OCH3 is 1. The van der Waals surface area contributed by atoms with E-state index in [4.69, 9.17) is 23.2 Å². The van der Waals surface area contributed by atoms with Crippen LogP contribution in [0.5, 0.6) is 11.5 Å². The number of nitrogens with zero attached hydrogens (tertiary/aromatic N) is 1. The van der Waals surface area contributed by atoms with Crippen LogP contribution in [0.3, 0.4) is 0 Å². The molecule has 2 heterocycles. The van der Waals surface area contributed by atoms with Gasteiger partial charge in [-0.25, -0.2) is 0 Å². The van der Waals surface area contributed by atoms with Crippen molar-refractivity contribution in [1.82, 2.24) is 4.90 Å². The molecule has 0 saturated carbocycles. The third-order valence-corrected chi connectivity index (χ3v) is 4.97. The maximum atomic E-state index is 11.0. The Morgan fingerprint density at radius 2 is 2.50 bits per heavy atom. The highest BCUT2D eigenvalue weighted by molar-refractivity contribution is 5.62. The van der Waals surface area contributed by atoms with Crippen LogP contribution in [0.15, 0.2) is 24.2 Å². The zero-order valence-corrected chi connectivity index (χ0v) is 11.5. The predicted octanol–water partition coefficient (Wildman–Crippen LogP) is 1.50. The van der Waals surface area contributed by atoms with Crippen molar-refractivity contribution in [2.75, 3.05) is 20.6 Å². The van der Waals surface area contributed by atoms with Gasteiger partial charge in [0, 0.05) is 29.7 Å². The highest BCUT2D eigenvalue weighted by Gasteiger charge is 2.64. The van der Waals surface area contributed by atoms with Crippen molar-refractivity contribution in [3.05, 3.63) is 35.4 Å². The minimum absolute atomic E-state index is 0.0548.